The van der Waals surface area contributed by atoms with E-state index in [1.807, 2.05) is 24.3 Å². The number of aromatic nitrogens is 2. The topological polar surface area (TPSA) is 17.8 Å². The first-order valence-electron chi connectivity index (χ1n) is 4.85. The Kier molecular flexibility index (Phi) is 4.17. The number of imidazole rings is 1. The third kappa shape index (κ3) is 3.07. The molecule has 0 saturated carbocycles. The molecule has 0 fully saturated rings. The van der Waals surface area contributed by atoms with Gasteiger partial charge in [-0.05, 0) is 28.1 Å². The van der Waals surface area contributed by atoms with Crippen molar-refractivity contribution >= 4 is 27.7 Å². The van der Waals surface area contributed by atoms with Crippen LogP contribution < -0.4 is 0 Å². The molecule has 6 heteroatoms. The molecule has 2 rings (SSSR count). The van der Waals surface area contributed by atoms with E-state index in [1.165, 1.54) is 24.2 Å². The van der Waals surface area contributed by atoms with Crippen molar-refractivity contribution in [3.05, 3.63) is 47.0 Å². The smallest absolute Gasteiger partial charge is 0.277 e. The molecule has 0 atom stereocenters. The Morgan fingerprint density at radius 2 is 2.12 bits per heavy atom. The lowest BCUT2D eigenvalue weighted by molar-refractivity contribution is 0.0678. The fourth-order valence-corrected chi connectivity index (χ4v) is 2.85. The van der Waals surface area contributed by atoms with E-state index in [-0.39, 0.29) is 0 Å². The minimum absolute atomic E-state index is 0.376. The van der Waals surface area contributed by atoms with Crippen LogP contribution in [0.2, 0.25) is 0 Å². The van der Waals surface area contributed by atoms with Gasteiger partial charge in [-0.3, -0.25) is 4.57 Å². The molecule has 0 aliphatic carbocycles. The summed E-state index contributed by atoms with van der Waals surface area (Å²) in [6, 6.07) is 7.67. The van der Waals surface area contributed by atoms with Crippen molar-refractivity contribution in [1.29, 1.82) is 0 Å². The van der Waals surface area contributed by atoms with Gasteiger partial charge in [-0.25, -0.2) is 4.98 Å². The number of thioether (sulfide) groups is 1. The van der Waals surface area contributed by atoms with Crippen molar-refractivity contribution in [3.63, 3.8) is 0 Å². The lowest BCUT2D eigenvalue weighted by Gasteiger charge is -2.06. The molecule has 0 aliphatic heterocycles. The second-order valence-electron chi connectivity index (χ2n) is 3.25. The molecule has 0 unspecified atom stereocenters. The van der Waals surface area contributed by atoms with Crippen LogP contribution in [0.3, 0.4) is 0 Å². The molecule has 0 spiro atoms. The number of alkyl halides is 2. The first-order valence-corrected chi connectivity index (χ1v) is 6.63. The van der Waals surface area contributed by atoms with Crippen LogP contribution >= 0.6 is 27.7 Å². The Balaban J connectivity index is 2.08. The van der Waals surface area contributed by atoms with Crippen LogP contribution in [-0.4, -0.2) is 9.55 Å². The minimum atomic E-state index is -2.53. The van der Waals surface area contributed by atoms with Crippen LogP contribution in [0.15, 0.2) is 46.0 Å². The molecule has 1 aromatic heterocycles. The Bertz CT molecular complexity index is 502. The number of hydrogen-bond acceptors (Lipinski definition) is 2. The largest absolute Gasteiger partial charge is 0.319 e. The van der Waals surface area contributed by atoms with Gasteiger partial charge in [0.2, 0.25) is 0 Å². The molecular weight excluding hydrogens is 310 g/mol. The highest BCUT2D eigenvalue weighted by Crippen LogP contribution is 2.29. The lowest BCUT2D eigenvalue weighted by atomic mass is 10.4. The molecule has 0 bridgehead atoms. The molecule has 0 radical (unpaired) electrons. The standard InChI is InChI=1S/C11H9BrF2N2S/c12-8-3-1-2-4-9(8)17-7-10-15-5-6-16(10)11(13)14/h1-6,11H,7H2. The normalized spacial score (nSPS) is 11.1. The van der Waals surface area contributed by atoms with E-state index in [2.05, 4.69) is 20.9 Å². The SMILES string of the molecule is FC(F)n1ccnc1CSc1ccccc1Br. The maximum absolute atomic E-state index is 12.6. The van der Waals surface area contributed by atoms with Crippen molar-refractivity contribution in [2.45, 2.75) is 17.2 Å². The average molecular weight is 319 g/mol. The van der Waals surface area contributed by atoms with Gasteiger partial charge in [0.15, 0.2) is 0 Å². The molecule has 0 aliphatic rings. The Morgan fingerprint density at radius 3 is 2.82 bits per heavy atom. The Hall–Kier alpha value is -0.880. The van der Waals surface area contributed by atoms with Crippen molar-refractivity contribution in [2.75, 3.05) is 0 Å². The Labute approximate surface area is 110 Å². The average Bonchev–Trinajstić information content (AvgIpc) is 2.76. The van der Waals surface area contributed by atoms with Crippen LogP contribution in [0, 0.1) is 0 Å². The summed E-state index contributed by atoms with van der Waals surface area (Å²) in [5, 5.41) is 0. The summed E-state index contributed by atoms with van der Waals surface area (Å²) >= 11 is 4.88. The fraction of sp³-hybridized carbons (Fsp3) is 0.182. The van der Waals surface area contributed by atoms with E-state index in [0.29, 0.717) is 11.6 Å². The molecule has 17 heavy (non-hydrogen) atoms. The van der Waals surface area contributed by atoms with E-state index in [1.54, 1.807) is 0 Å². The van der Waals surface area contributed by atoms with Gasteiger partial charge < -0.3 is 0 Å². The van der Waals surface area contributed by atoms with Crippen molar-refractivity contribution in [3.8, 4) is 0 Å². The summed E-state index contributed by atoms with van der Waals surface area (Å²) in [7, 11) is 0. The summed E-state index contributed by atoms with van der Waals surface area (Å²) < 4.78 is 27.0. The zero-order valence-corrected chi connectivity index (χ0v) is 11.1. The summed E-state index contributed by atoms with van der Waals surface area (Å²) in [6.45, 7) is -2.53. The quantitative estimate of drug-likeness (QED) is 0.781. The first kappa shape index (κ1) is 12.6. The highest BCUT2D eigenvalue weighted by molar-refractivity contribution is 9.10. The van der Waals surface area contributed by atoms with E-state index in [4.69, 9.17) is 0 Å². The fourth-order valence-electron chi connectivity index (χ4n) is 1.34. The van der Waals surface area contributed by atoms with Gasteiger partial charge in [-0.1, -0.05) is 12.1 Å². The van der Waals surface area contributed by atoms with Gasteiger partial charge in [0, 0.05) is 21.8 Å². The van der Waals surface area contributed by atoms with Crippen molar-refractivity contribution in [2.24, 2.45) is 0 Å². The monoisotopic (exact) mass is 318 g/mol. The number of benzene rings is 1. The Morgan fingerprint density at radius 1 is 1.35 bits per heavy atom. The highest BCUT2D eigenvalue weighted by Gasteiger charge is 2.11. The minimum Gasteiger partial charge on any atom is -0.277 e. The van der Waals surface area contributed by atoms with Gasteiger partial charge in [0.25, 0.3) is 0 Å². The predicted octanol–water partition coefficient (Wildman–Crippen LogP) is 4.33. The van der Waals surface area contributed by atoms with Crippen molar-refractivity contribution in [1.82, 2.24) is 9.55 Å². The maximum atomic E-state index is 12.6. The van der Waals surface area contributed by atoms with Gasteiger partial charge >= 0.3 is 6.55 Å². The van der Waals surface area contributed by atoms with E-state index < -0.39 is 6.55 Å². The van der Waals surface area contributed by atoms with Crippen LogP contribution in [0.5, 0.6) is 0 Å². The third-order valence-corrected chi connectivity index (χ3v) is 4.18. The van der Waals surface area contributed by atoms with Crippen LogP contribution in [0.4, 0.5) is 8.78 Å². The molecule has 90 valence electrons. The summed E-state index contributed by atoms with van der Waals surface area (Å²) in [5.74, 6) is 0.792. The zero-order valence-electron chi connectivity index (χ0n) is 8.69. The molecule has 2 nitrogen and oxygen atoms in total. The van der Waals surface area contributed by atoms with E-state index in [9.17, 15) is 8.78 Å². The van der Waals surface area contributed by atoms with Crippen LogP contribution in [0.1, 0.15) is 12.4 Å². The number of halogens is 3. The first-order chi connectivity index (χ1) is 8.18. The number of hydrogen-bond donors (Lipinski definition) is 0. The van der Waals surface area contributed by atoms with Gasteiger partial charge in [0.1, 0.15) is 5.82 Å². The van der Waals surface area contributed by atoms with Crippen LogP contribution in [0.25, 0.3) is 0 Å². The molecular formula is C11H9BrF2N2S. The number of nitrogens with zero attached hydrogens (tertiary/aromatic N) is 2. The molecule has 1 heterocycles. The van der Waals surface area contributed by atoms with E-state index in [0.717, 1.165) is 13.9 Å². The summed E-state index contributed by atoms with van der Waals surface area (Å²) in [4.78, 5) is 4.94. The second-order valence-corrected chi connectivity index (χ2v) is 5.12. The zero-order chi connectivity index (χ0) is 12.3. The maximum Gasteiger partial charge on any atom is 0.319 e. The van der Waals surface area contributed by atoms with Crippen LogP contribution in [-0.2, 0) is 5.75 Å². The third-order valence-electron chi connectivity index (χ3n) is 2.15. The number of rotatable bonds is 4. The van der Waals surface area contributed by atoms with E-state index >= 15 is 0 Å². The van der Waals surface area contributed by atoms with Gasteiger partial charge in [-0.2, -0.15) is 8.78 Å². The van der Waals surface area contributed by atoms with Gasteiger partial charge in [0.05, 0.1) is 5.75 Å². The van der Waals surface area contributed by atoms with Crippen molar-refractivity contribution < 1.29 is 8.78 Å². The predicted molar refractivity (Wildman–Crippen MR) is 67.2 cm³/mol. The molecule has 0 saturated heterocycles. The molecule has 1 aromatic carbocycles. The molecule has 0 N–H and O–H groups in total. The summed E-state index contributed by atoms with van der Waals surface area (Å²) in [6.07, 6.45) is 2.68. The summed E-state index contributed by atoms with van der Waals surface area (Å²) in [5.41, 5.74) is 0. The second kappa shape index (κ2) is 5.64. The highest BCUT2D eigenvalue weighted by atomic mass is 79.9. The lowest BCUT2D eigenvalue weighted by Crippen LogP contribution is -2.01. The molecule has 2 aromatic rings. The van der Waals surface area contributed by atoms with Gasteiger partial charge in [-0.15, -0.1) is 11.8 Å². The molecule has 0 amide bonds.